The molecule has 1 aliphatic rings. The third-order valence-corrected chi connectivity index (χ3v) is 5.15. The fraction of sp³-hybridized carbons (Fsp3) is 0.261. The summed E-state index contributed by atoms with van der Waals surface area (Å²) < 4.78 is 62.8. The molecule has 1 aliphatic heterocycles. The van der Waals surface area contributed by atoms with Crippen molar-refractivity contribution >= 4 is 23.4 Å². The van der Waals surface area contributed by atoms with E-state index in [9.17, 15) is 31.9 Å². The van der Waals surface area contributed by atoms with Crippen molar-refractivity contribution < 1.29 is 46.3 Å². The van der Waals surface area contributed by atoms with Gasteiger partial charge in [0.1, 0.15) is 5.75 Å². The Morgan fingerprint density at radius 2 is 1.70 bits per heavy atom. The van der Waals surface area contributed by atoms with E-state index >= 15 is 0 Å². The monoisotopic (exact) mass is 528 g/mol. The first kappa shape index (κ1) is 27.4. The van der Waals surface area contributed by atoms with Gasteiger partial charge in [-0.2, -0.15) is 22.0 Å². The summed E-state index contributed by atoms with van der Waals surface area (Å²) in [7, 11) is 0. The predicted octanol–water partition coefficient (Wildman–Crippen LogP) is 3.96. The SMILES string of the molecule is O=C(Nc1ccc(-c2ccccc2)c(O)c1-c1cc(N2CCNCC2)no1)C(F)F.O=C(O)C(F)(F)F. The number of carbonyl (C=O) groups is 2. The molecule has 0 unspecified atom stereocenters. The van der Waals surface area contributed by atoms with Crippen molar-refractivity contribution in [1.82, 2.24) is 10.5 Å². The zero-order valence-corrected chi connectivity index (χ0v) is 18.9. The number of hydrogen-bond donors (Lipinski definition) is 4. The van der Waals surface area contributed by atoms with E-state index in [2.05, 4.69) is 15.8 Å². The van der Waals surface area contributed by atoms with E-state index in [-0.39, 0.29) is 22.8 Å². The van der Waals surface area contributed by atoms with Gasteiger partial charge < -0.3 is 30.3 Å². The third kappa shape index (κ3) is 6.94. The number of anilines is 2. The van der Waals surface area contributed by atoms with Crippen LogP contribution < -0.4 is 15.5 Å². The number of aromatic nitrogens is 1. The largest absolute Gasteiger partial charge is 0.506 e. The van der Waals surface area contributed by atoms with E-state index in [0.29, 0.717) is 11.4 Å². The first-order valence-electron chi connectivity index (χ1n) is 10.7. The second kappa shape index (κ2) is 11.7. The Balaban J connectivity index is 0.000000479. The van der Waals surface area contributed by atoms with Crippen molar-refractivity contribution in [3.05, 3.63) is 48.5 Å². The molecule has 1 aromatic heterocycles. The minimum absolute atomic E-state index is 0.0143. The number of aromatic hydroxyl groups is 1. The number of halogens is 5. The molecule has 2 heterocycles. The highest BCUT2D eigenvalue weighted by Gasteiger charge is 2.38. The number of hydrogen-bond acceptors (Lipinski definition) is 7. The van der Waals surface area contributed by atoms with Crippen molar-refractivity contribution in [3.8, 4) is 28.2 Å². The molecule has 0 bridgehead atoms. The topological polar surface area (TPSA) is 128 Å². The average molecular weight is 528 g/mol. The molecular formula is C23H21F5N4O5. The van der Waals surface area contributed by atoms with E-state index in [1.165, 1.54) is 6.07 Å². The zero-order valence-electron chi connectivity index (χ0n) is 18.9. The van der Waals surface area contributed by atoms with Crippen LogP contribution in [0.1, 0.15) is 0 Å². The van der Waals surface area contributed by atoms with Crippen molar-refractivity contribution in [2.75, 3.05) is 36.4 Å². The molecule has 14 heteroatoms. The average Bonchev–Trinajstić information content (AvgIpc) is 3.35. The lowest BCUT2D eigenvalue weighted by atomic mass is 9.98. The number of nitrogens with zero attached hydrogens (tertiary/aromatic N) is 2. The van der Waals surface area contributed by atoms with Crippen LogP contribution in [-0.4, -0.2) is 66.0 Å². The summed E-state index contributed by atoms with van der Waals surface area (Å²) in [6, 6.07) is 13.7. The zero-order chi connectivity index (χ0) is 27.2. The fourth-order valence-corrected chi connectivity index (χ4v) is 3.41. The Kier molecular flexibility index (Phi) is 8.65. The van der Waals surface area contributed by atoms with Crippen molar-refractivity contribution in [3.63, 3.8) is 0 Å². The highest BCUT2D eigenvalue weighted by atomic mass is 19.4. The van der Waals surface area contributed by atoms with Crippen LogP contribution in [0.2, 0.25) is 0 Å². The normalized spacial score (nSPS) is 13.6. The number of phenolic OH excluding ortho intramolecular Hbond substituents is 1. The molecule has 4 N–H and O–H groups in total. The molecule has 9 nitrogen and oxygen atoms in total. The van der Waals surface area contributed by atoms with E-state index in [1.807, 2.05) is 35.2 Å². The van der Waals surface area contributed by atoms with Gasteiger partial charge in [-0.1, -0.05) is 35.5 Å². The quantitative estimate of drug-likeness (QED) is 0.367. The van der Waals surface area contributed by atoms with Crippen LogP contribution in [0.25, 0.3) is 22.5 Å². The van der Waals surface area contributed by atoms with Crippen molar-refractivity contribution in [1.29, 1.82) is 0 Å². The predicted molar refractivity (Wildman–Crippen MR) is 122 cm³/mol. The Bertz CT molecular complexity index is 1230. The summed E-state index contributed by atoms with van der Waals surface area (Å²) in [5, 5.41) is 27.6. The molecule has 0 radical (unpaired) electrons. The smallest absolute Gasteiger partial charge is 0.490 e. The first-order valence-corrected chi connectivity index (χ1v) is 10.7. The van der Waals surface area contributed by atoms with E-state index < -0.39 is 24.5 Å². The second-order valence-electron chi connectivity index (χ2n) is 7.63. The van der Waals surface area contributed by atoms with Crippen LogP contribution in [0, 0.1) is 0 Å². The molecule has 0 spiro atoms. The molecule has 198 valence electrons. The van der Waals surface area contributed by atoms with E-state index in [0.717, 1.165) is 31.7 Å². The molecule has 1 amide bonds. The Morgan fingerprint density at radius 1 is 1.08 bits per heavy atom. The van der Waals surface area contributed by atoms with Gasteiger partial charge in [-0.3, -0.25) is 4.79 Å². The van der Waals surface area contributed by atoms with Crippen LogP contribution in [0.5, 0.6) is 5.75 Å². The van der Waals surface area contributed by atoms with Gasteiger partial charge >= 0.3 is 18.6 Å². The van der Waals surface area contributed by atoms with E-state index in [4.69, 9.17) is 14.4 Å². The number of rotatable bonds is 5. The summed E-state index contributed by atoms with van der Waals surface area (Å²) in [6.07, 6.45) is -8.28. The number of aliphatic carboxylic acids is 1. The lowest BCUT2D eigenvalue weighted by Gasteiger charge is -2.26. The molecule has 1 fully saturated rings. The van der Waals surface area contributed by atoms with Crippen molar-refractivity contribution in [2.24, 2.45) is 0 Å². The molecule has 4 rings (SSSR count). The van der Waals surface area contributed by atoms with Crippen LogP contribution in [0.4, 0.5) is 33.5 Å². The second-order valence-corrected chi connectivity index (χ2v) is 7.63. The summed E-state index contributed by atoms with van der Waals surface area (Å²) in [5.74, 6) is -3.68. The maximum Gasteiger partial charge on any atom is 0.490 e. The van der Waals surface area contributed by atoms with E-state index in [1.54, 1.807) is 12.1 Å². The number of carboxylic acids is 1. The lowest BCUT2D eigenvalue weighted by molar-refractivity contribution is -0.192. The summed E-state index contributed by atoms with van der Waals surface area (Å²) in [6.45, 7) is 3.06. The molecule has 37 heavy (non-hydrogen) atoms. The molecule has 0 aliphatic carbocycles. The van der Waals surface area contributed by atoms with Gasteiger partial charge in [0.15, 0.2) is 11.6 Å². The highest BCUT2D eigenvalue weighted by molar-refractivity contribution is 5.99. The Labute approximate surface area is 206 Å². The molecular weight excluding hydrogens is 507 g/mol. The van der Waals surface area contributed by atoms with Gasteiger partial charge in [0, 0.05) is 37.8 Å². The van der Waals surface area contributed by atoms with Gasteiger partial charge in [-0.25, -0.2) is 4.79 Å². The van der Waals surface area contributed by atoms with Crippen LogP contribution in [0.3, 0.4) is 0 Å². The van der Waals surface area contributed by atoms with Crippen LogP contribution >= 0.6 is 0 Å². The van der Waals surface area contributed by atoms with Gasteiger partial charge in [0.25, 0.3) is 5.91 Å². The maximum atomic E-state index is 12.8. The molecule has 2 aromatic carbocycles. The van der Waals surface area contributed by atoms with Crippen LogP contribution in [0.15, 0.2) is 53.1 Å². The number of piperazine rings is 1. The molecule has 0 saturated carbocycles. The minimum atomic E-state index is -5.08. The summed E-state index contributed by atoms with van der Waals surface area (Å²) in [4.78, 5) is 22.5. The Hall–Kier alpha value is -4.20. The third-order valence-electron chi connectivity index (χ3n) is 5.15. The van der Waals surface area contributed by atoms with Gasteiger partial charge in [0.2, 0.25) is 0 Å². The first-order chi connectivity index (χ1) is 17.5. The number of carboxylic acid groups (broad SMARTS) is 1. The Morgan fingerprint density at radius 3 is 2.27 bits per heavy atom. The fourth-order valence-electron chi connectivity index (χ4n) is 3.41. The molecule has 1 saturated heterocycles. The van der Waals surface area contributed by atoms with Gasteiger partial charge in [0.05, 0.1) is 11.3 Å². The highest BCUT2D eigenvalue weighted by Crippen LogP contribution is 2.44. The maximum absolute atomic E-state index is 12.8. The number of benzene rings is 2. The minimum Gasteiger partial charge on any atom is -0.506 e. The summed E-state index contributed by atoms with van der Waals surface area (Å²) >= 11 is 0. The number of alkyl halides is 5. The molecule has 3 aromatic rings. The van der Waals surface area contributed by atoms with Crippen molar-refractivity contribution in [2.45, 2.75) is 12.6 Å². The lowest BCUT2D eigenvalue weighted by Crippen LogP contribution is -2.43. The number of phenols is 1. The summed E-state index contributed by atoms with van der Waals surface area (Å²) in [5.41, 5.74) is 1.31. The van der Waals surface area contributed by atoms with Gasteiger partial charge in [-0.05, 0) is 17.7 Å². The number of amides is 1. The number of carbonyl (C=O) groups excluding carboxylic acids is 1. The standard InChI is InChI=1S/C21H20F2N4O3.C2HF3O2/c22-20(23)21(29)25-15-7-6-14(13-4-2-1-3-5-13)19(28)18(15)16-12-17(26-30-16)27-10-8-24-9-11-27;3-2(4,5)1(6)7/h1-7,12,20,24,28H,8-11H2,(H,25,29);(H,6,7). The molecule has 0 atom stereocenters. The van der Waals surface area contributed by atoms with Crippen LogP contribution in [-0.2, 0) is 9.59 Å². The number of nitrogens with one attached hydrogen (secondary N) is 2. The van der Waals surface area contributed by atoms with Gasteiger partial charge in [-0.15, -0.1) is 0 Å².